The van der Waals surface area contributed by atoms with Gasteiger partial charge in [0.1, 0.15) is 17.5 Å². The summed E-state index contributed by atoms with van der Waals surface area (Å²) in [4.78, 5) is 15.4. The first-order valence-electron chi connectivity index (χ1n) is 7.05. The van der Waals surface area contributed by atoms with Gasteiger partial charge in [-0.05, 0) is 31.4 Å². The van der Waals surface area contributed by atoms with Crippen LogP contribution in [0.1, 0.15) is 24.2 Å². The second kappa shape index (κ2) is 5.86. The van der Waals surface area contributed by atoms with Crippen LogP contribution in [-0.2, 0) is 6.54 Å². The smallest absolute Gasteiger partial charge is 0.134 e. The third kappa shape index (κ3) is 3.04. The normalized spacial score (nSPS) is 14.6. The summed E-state index contributed by atoms with van der Waals surface area (Å²) >= 11 is 0. The van der Waals surface area contributed by atoms with E-state index in [2.05, 4.69) is 31.2 Å². The molecule has 0 unspecified atom stereocenters. The fraction of sp³-hybridized carbons (Fsp3) is 0.400. The maximum atomic E-state index is 4.53. The zero-order valence-corrected chi connectivity index (χ0v) is 11.7. The predicted molar refractivity (Wildman–Crippen MR) is 79.8 cm³/mol. The van der Waals surface area contributed by atoms with E-state index >= 15 is 0 Å². The van der Waals surface area contributed by atoms with Crippen molar-refractivity contribution in [2.24, 2.45) is 0 Å². The van der Waals surface area contributed by atoms with Gasteiger partial charge < -0.3 is 10.2 Å². The molecule has 0 radical (unpaired) electrons. The van der Waals surface area contributed by atoms with Crippen molar-refractivity contribution in [1.82, 2.24) is 15.0 Å². The van der Waals surface area contributed by atoms with Crippen molar-refractivity contribution in [1.29, 1.82) is 0 Å². The fourth-order valence-electron chi connectivity index (χ4n) is 2.45. The molecule has 3 heterocycles. The molecule has 1 N–H and O–H groups in total. The monoisotopic (exact) mass is 269 g/mol. The van der Waals surface area contributed by atoms with Gasteiger partial charge in [-0.3, -0.25) is 4.98 Å². The predicted octanol–water partition coefficient (Wildman–Crippen LogP) is 2.39. The van der Waals surface area contributed by atoms with Crippen LogP contribution in [0.5, 0.6) is 0 Å². The average Bonchev–Trinajstić information content (AvgIpc) is 3.00. The van der Waals surface area contributed by atoms with E-state index in [0.29, 0.717) is 0 Å². The molecule has 5 nitrogen and oxygen atoms in total. The van der Waals surface area contributed by atoms with E-state index in [1.165, 1.54) is 12.8 Å². The molecule has 1 aliphatic heterocycles. The minimum Gasteiger partial charge on any atom is -0.366 e. The largest absolute Gasteiger partial charge is 0.366 e. The Morgan fingerprint density at radius 1 is 1.25 bits per heavy atom. The number of hydrogen-bond donors (Lipinski definition) is 1. The van der Waals surface area contributed by atoms with Gasteiger partial charge in [0, 0.05) is 38.1 Å². The Kier molecular flexibility index (Phi) is 3.76. The van der Waals surface area contributed by atoms with E-state index in [0.717, 1.165) is 42.7 Å². The van der Waals surface area contributed by atoms with Crippen molar-refractivity contribution in [2.45, 2.75) is 26.3 Å². The number of pyridine rings is 1. The van der Waals surface area contributed by atoms with Crippen molar-refractivity contribution < 1.29 is 0 Å². The molecule has 0 bridgehead atoms. The Bertz CT molecular complexity index is 564. The number of nitrogens with one attached hydrogen (secondary N) is 1. The zero-order chi connectivity index (χ0) is 13.8. The Labute approximate surface area is 119 Å². The summed E-state index contributed by atoms with van der Waals surface area (Å²) in [6.07, 6.45) is 6.15. The van der Waals surface area contributed by atoms with Crippen molar-refractivity contribution in [3.05, 3.63) is 42.0 Å². The SMILES string of the molecule is Cc1nc(NCc2cccnc2)cc(N2CCCC2)n1. The summed E-state index contributed by atoms with van der Waals surface area (Å²) in [6.45, 7) is 4.86. The Hall–Kier alpha value is -2.17. The molecule has 2 aromatic heterocycles. The van der Waals surface area contributed by atoms with E-state index < -0.39 is 0 Å². The maximum absolute atomic E-state index is 4.53. The summed E-state index contributed by atoms with van der Waals surface area (Å²) < 4.78 is 0. The molecule has 1 aliphatic rings. The van der Waals surface area contributed by atoms with E-state index in [1.54, 1.807) is 6.20 Å². The lowest BCUT2D eigenvalue weighted by atomic mass is 10.3. The lowest BCUT2D eigenvalue weighted by Crippen LogP contribution is -2.20. The molecule has 0 aromatic carbocycles. The number of nitrogens with zero attached hydrogens (tertiary/aromatic N) is 4. The lowest BCUT2D eigenvalue weighted by Gasteiger charge is -2.17. The van der Waals surface area contributed by atoms with Crippen LogP contribution < -0.4 is 10.2 Å². The van der Waals surface area contributed by atoms with Crippen molar-refractivity contribution in [3.63, 3.8) is 0 Å². The van der Waals surface area contributed by atoms with Crippen LogP contribution in [0.4, 0.5) is 11.6 Å². The summed E-state index contributed by atoms with van der Waals surface area (Å²) in [6, 6.07) is 6.03. The second-order valence-corrected chi connectivity index (χ2v) is 5.07. The summed E-state index contributed by atoms with van der Waals surface area (Å²) in [5.41, 5.74) is 1.14. The lowest BCUT2D eigenvalue weighted by molar-refractivity contribution is 0.907. The average molecular weight is 269 g/mol. The molecule has 3 rings (SSSR count). The highest BCUT2D eigenvalue weighted by atomic mass is 15.2. The van der Waals surface area contributed by atoms with Crippen LogP contribution in [0.25, 0.3) is 0 Å². The molecule has 20 heavy (non-hydrogen) atoms. The molecule has 0 amide bonds. The molecule has 0 spiro atoms. The molecule has 1 saturated heterocycles. The van der Waals surface area contributed by atoms with Gasteiger partial charge in [0.2, 0.25) is 0 Å². The highest BCUT2D eigenvalue weighted by Gasteiger charge is 2.14. The van der Waals surface area contributed by atoms with Gasteiger partial charge in [-0.25, -0.2) is 9.97 Å². The minimum atomic E-state index is 0.726. The summed E-state index contributed by atoms with van der Waals surface area (Å²) in [5, 5.41) is 3.35. The van der Waals surface area contributed by atoms with Gasteiger partial charge in [-0.1, -0.05) is 6.07 Å². The van der Waals surface area contributed by atoms with Crippen LogP contribution >= 0.6 is 0 Å². The molecule has 5 heteroatoms. The van der Waals surface area contributed by atoms with E-state index in [9.17, 15) is 0 Å². The third-order valence-corrected chi connectivity index (χ3v) is 3.45. The first kappa shape index (κ1) is 12.8. The number of aryl methyl sites for hydroxylation is 1. The van der Waals surface area contributed by atoms with E-state index in [-0.39, 0.29) is 0 Å². The highest BCUT2D eigenvalue weighted by Crippen LogP contribution is 2.20. The standard InChI is InChI=1S/C15H19N5/c1-12-18-14(17-11-13-5-4-6-16-10-13)9-15(19-12)20-7-2-3-8-20/h4-6,9-10H,2-3,7-8,11H2,1H3,(H,17,18,19). The van der Waals surface area contributed by atoms with Crippen molar-refractivity contribution in [3.8, 4) is 0 Å². The van der Waals surface area contributed by atoms with Crippen LogP contribution in [0.2, 0.25) is 0 Å². The molecule has 104 valence electrons. The van der Waals surface area contributed by atoms with E-state index in [1.807, 2.05) is 25.3 Å². The number of anilines is 2. The Morgan fingerprint density at radius 3 is 2.85 bits per heavy atom. The fourth-order valence-corrected chi connectivity index (χ4v) is 2.45. The first-order chi connectivity index (χ1) is 9.81. The number of rotatable bonds is 4. The topological polar surface area (TPSA) is 53.9 Å². The minimum absolute atomic E-state index is 0.726. The molecule has 1 fully saturated rings. The quantitative estimate of drug-likeness (QED) is 0.923. The zero-order valence-electron chi connectivity index (χ0n) is 11.7. The van der Waals surface area contributed by atoms with Gasteiger partial charge in [-0.15, -0.1) is 0 Å². The first-order valence-corrected chi connectivity index (χ1v) is 7.05. The molecular weight excluding hydrogens is 250 g/mol. The maximum Gasteiger partial charge on any atom is 0.134 e. The number of aromatic nitrogens is 3. The van der Waals surface area contributed by atoms with E-state index in [4.69, 9.17) is 0 Å². The Morgan fingerprint density at radius 2 is 2.10 bits per heavy atom. The van der Waals surface area contributed by atoms with Crippen molar-refractivity contribution in [2.75, 3.05) is 23.3 Å². The van der Waals surface area contributed by atoms with Crippen LogP contribution in [-0.4, -0.2) is 28.0 Å². The molecule has 2 aromatic rings. The Balaban J connectivity index is 1.72. The van der Waals surface area contributed by atoms with Gasteiger partial charge in [0.15, 0.2) is 0 Å². The molecule has 0 atom stereocenters. The van der Waals surface area contributed by atoms with Crippen molar-refractivity contribution >= 4 is 11.6 Å². The van der Waals surface area contributed by atoms with Gasteiger partial charge in [0.05, 0.1) is 0 Å². The number of hydrogen-bond acceptors (Lipinski definition) is 5. The van der Waals surface area contributed by atoms with Gasteiger partial charge in [-0.2, -0.15) is 0 Å². The van der Waals surface area contributed by atoms with Gasteiger partial charge in [0.25, 0.3) is 0 Å². The highest BCUT2D eigenvalue weighted by molar-refractivity contribution is 5.50. The third-order valence-electron chi connectivity index (χ3n) is 3.45. The molecule has 0 aliphatic carbocycles. The molecular formula is C15H19N5. The van der Waals surface area contributed by atoms with Gasteiger partial charge >= 0.3 is 0 Å². The van der Waals surface area contributed by atoms with Crippen LogP contribution in [0.15, 0.2) is 30.6 Å². The summed E-state index contributed by atoms with van der Waals surface area (Å²) in [7, 11) is 0. The summed E-state index contributed by atoms with van der Waals surface area (Å²) in [5.74, 6) is 2.72. The van der Waals surface area contributed by atoms with Crippen LogP contribution in [0.3, 0.4) is 0 Å². The van der Waals surface area contributed by atoms with Crippen LogP contribution in [0, 0.1) is 6.92 Å². The second-order valence-electron chi connectivity index (χ2n) is 5.07. The molecule has 0 saturated carbocycles.